The Morgan fingerprint density at radius 3 is 2.38 bits per heavy atom. The molecule has 0 aliphatic carbocycles. The summed E-state index contributed by atoms with van der Waals surface area (Å²) in [5.41, 5.74) is 1.74. The minimum absolute atomic E-state index is 0.0130. The molecular formula is C28H26F3N3O5S. The molecule has 0 spiro atoms. The Kier molecular flexibility index (Phi) is 6.77. The number of alkyl halides is 3. The average molecular weight is 574 g/mol. The molecule has 8 nitrogen and oxygen atoms in total. The van der Waals surface area contributed by atoms with Gasteiger partial charge in [0, 0.05) is 12.6 Å². The van der Waals surface area contributed by atoms with Crippen LogP contribution in [-0.4, -0.2) is 31.7 Å². The second-order valence-corrected chi connectivity index (χ2v) is 12.2. The third kappa shape index (κ3) is 5.23. The Balaban J connectivity index is 1.54. The number of benzene rings is 3. The van der Waals surface area contributed by atoms with Crippen LogP contribution in [0.4, 0.5) is 18.9 Å². The van der Waals surface area contributed by atoms with Gasteiger partial charge in [-0.25, -0.2) is 13.2 Å². The van der Waals surface area contributed by atoms with Crippen molar-refractivity contribution in [3.8, 4) is 28.3 Å². The fourth-order valence-corrected chi connectivity index (χ4v) is 6.58. The first kappa shape index (κ1) is 27.5. The van der Waals surface area contributed by atoms with E-state index in [9.17, 15) is 26.4 Å². The van der Waals surface area contributed by atoms with Gasteiger partial charge in [0.05, 0.1) is 28.3 Å². The van der Waals surface area contributed by atoms with E-state index in [0.29, 0.717) is 28.8 Å². The Labute approximate surface area is 228 Å². The third-order valence-electron chi connectivity index (χ3n) is 6.67. The smallest absolute Gasteiger partial charge is 0.439 e. The topological polar surface area (TPSA) is 106 Å². The number of hydrogen-bond acceptors (Lipinski definition) is 6. The van der Waals surface area contributed by atoms with Crippen molar-refractivity contribution in [3.05, 3.63) is 82.3 Å². The standard InChI is InChI=1S/C28H26F3N3O5S/c1-4-38-24-14-21(10-11-22(24)25-32-26(35)39-33-25)40(36,37)34-16-27(2,3)15-19-13-18(7-12-23(19)34)17-5-8-20(9-6-17)28(29,30)31/h5-14H,4,15-16H2,1-3H3,(H,32,33,35). The van der Waals surface area contributed by atoms with Crippen LogP contribution in [0.25, 0.3) is 22.5 Å². The van der Waals surface area contributed by atoms with Crippen molar-refractivity contribution in [2.75, 3.05) is 17.5 Å². The van der Waals surface area contributed by atoms with Crippen molar-refractivity contribution in [2.24, 2.45) is 5.41 Å². The molecule has 5 rings (SSSR count). The molecule has 0 amide bonds. The summed E-state index contributed by atoms with van der Waals surface area (Å²) in [5, 5.41) is 3.67. The third-order valence-corrected chi connectivity index (χ3v) is 8.43. The van der Waals surface area contributed by atoms with Crippen molar-refractivity contribution >= 4 is 15.7 Å². The normalized spacial score (nSPS) is 15.1. The number of halogens is 3. The molecule has 0 saturated carbocycles. The van der Waals surface area contributed by atoms with Crippen molar-refractivity contribution in [3.63, 3.8) is 0 Å². The van der Waals surface area contributed by atoms with E-state index in [1.807, 2.05) is 19.9 Å². The van der Waals surface area contributed by atoms with Crippen LogP contribution in [0.1, 0.15) is 31.9 Å². The first-order valence-corrected chi connectivity index (χ1v) is 13.9. The lowest BCUT2D eigenvalue weighted by Gasteiger charge is -2.40. The SMILES string of the molecule is CCOc1cc(S(=O)(=O)N2CC(C)(C)Cc3cc(-c4ccc(C(F)(F)F)cc4)ccc32)ccc1-c1noc(=O)[nH]1. The van der Waals surface area contributed by atoms with Crippen LogP contribution in [0.5, 0.6) is 5.75 Å². The van der Waals surface area contributed by atoms with Gasteiger partial charge in [0.25, 0.3) is 10.0 Å². The molecule has 1 N–H and O–H groups in total. The number of anilines is 1. The first-order valence-electron chi connectivity index (χ1n) is 12.4. The van der Waals surface area contributed by atoms with E-state index in [1.165, 1.54) is 34.6 Å². The summed E-state index contributed by atoms with van der Waals surface area (Å²) in [7, 11) is -4.07. The van der Waals surface area contributed by atoms with E-state index in [4.69, 9.17) is 4.74 Å². The number of aromatic amines is 1. The Morgan fingerprint density at radius 2 is 1.75 bits per heavy atom. The molecule has 0 fully saturated rings. The second-order valence-electron chi connectivity index (χ2n) is 10.3. The van der Waals surface area contributed by atoms with Gasteiger partial charge in [-0.15, -0.1) is 0 Å². The van der Waals surface area contributed by atoms with Gasteiger partial charge in [-0.1, -0.05) is 37.2 Å². The van der Waals surface area contributed by atoms with E-state index in [1.54, 1.807) is 19.1 Å². The summed E-state index contributed by atoms with van der Waals surface area (Å²) in [6.45, 7) is 6.11. The quantitative estimate of drug-likeness (QED) is 0.308. The summed E-state index contributed by atoms with van der Waals surface area (Å²) < 4.78 is 78.6. The molecule has 1 aliphatic heterocycles. The molecule has 1 aliphatic rings. The number of H-pyrrole nitrogens is 1. The molecule has 0 unspecified atom stereocenters. The lowest BCUT2D eigenvalue weighted by Crippen LogP contribution is -2.43. The molecule has 210 valence electrons. The summed E-state index contributed by atoms with van der Waals surface area (Å²) in [6.07, 6.45) is -3.86. The highest BCUT2D eigenvalue weighted by Gasteiger charge is 2.38. The highest BCUT2D eigenvalue weighted by atomic mass is 32.2. The number of fused-ring (bicyclic) bond motifs is 1. The molecule has 0 saturated heterocycles. The predicted octanol–water partition coefficient (Wildman–Crippen LogP) is 5.89. The Morgan fingerprint density at radius 1 is 1.05 bits per heavy atom. The van der Waals surface area contributed by atoms with Gasteiger partial charge >= 0.3 is 11.9 Å². The van der Waals surface area contributed by atoms with Crippen molar-refractivity contribution in [2.45, 2.75) is 38.3 Å². The van der Waals surface area contributed by atoms with E-state index in [2.05, 4.69) is 14.7 Å². The highest BCUT2D eigenvalue weighted by molar-refractivity contribution is 7.92. The van der Waals surface area contributed by atoms with E-state index in [0.717, 1.165) is 17.7 Å². The Hall–Kier alpha value is -4.06. The van der Waals surface area contributed by atoms with Crippen LogP contribution in [-0.2, 0) is 22.6 Å². The van der Waals surface area contributed by atoms with Gasteiger partial charge in [-0.05, 0) is 71.8 Å². The summed E-state index contributed by atoms with van der Waals surface area (Å²) in [6, 6.07) is 14.4. The Bertz CT molecular complexity index is 1730. The number of hydrogen-bond donors (Lipinski definition) is 1. The van der Waals surface area contributed by atoms with Gasteiger partial charge < -0.3 is 4.74 Å². The van der Waals surface area contributed by atoms with Crippen molar-refractivity contribution in [1.82, 2.24) is 10.1 Å². The zero-order valence-electron chi connectivity index (χ0n) is 21.9. The van der Waals surface area contributed by atoms with Gasteiger partial charge in [0.2, 0.25) is 0 Å². The fourth-order valence-electron chi connectivity index (χ4n) is 4.87. The van der Waals surface area contributed by atoms with E-state index in [-0.39, 0.29) is 29.6 Å². The van der Waals surface area contributed by atoms with Crippen LogP contribution in [0.3, 0.4) is 0 Å². The average Bonchev–Trinajstić information content (AvgIpc) is 3.33. The number of rotatable bonds is 6. The summed E-state index contributed by atoms with van der Waals surface area (Å²) in [4.78, 5) is 13.9. The summed E-state index contributed by atoms with van der Waals surface area (Å²) >= 11 is 0. The minimum Gasteiger partial charge on any atom is -0.493 e. The van der Waals surface area contributed by atoms with Gasteiger partial charge in [0.15, 0.2) is 5.82 Å². The first-order chi connectivity index (χ1) is 18.8. The van der Waals surface area contributed by atoms with Crippen molar-refractivity contribution in [1.29, 1.82) is 0 Å². The molecule has 12 heteroatoms. The lowest BCUT2D eigenvalue weighted by atomic mass is 9.81. The van der Waals surface area contributed by atoms with Crippen LogP contribution in [0.2, 0.25) is 0 Å². The largest absolute Gasteiger partial charge is 0.493 e. The zero-order valence-corrected chi connectivity index (χ0v) is 22.7. The van der Waals surface area contributed by atoms with E-state index >= 15 is 0 Å². The number of nitrogens with zero attached hydrogens (tertiary/aromatic N) is 2. The number of sulfonamides is 1. The van der Waals surface area contributed by atoms with Crippen LogP contribution >= 0.6 is 0 Å². The monoisotopic (exact) mass is 573 g/mol. The highest BCUT2D eigenvalue weighted by Crippen LogP contribution is 2.42. The molecule has 0 bridgehead atoms. The molecule has 0 radical (unpaired) electrons. The summed E-state index contributed by atoms with van der Waals surface area (Å²) in [5.74, 6) is -0.433. The molecular weight excluding hydrogens is 547 g/mol. The molecule has 4 aromatic rings. The second kappa shape index (κ2) is 9.84. The minimum atomic E-state index is -4.43. The molecule has 2 heterocycles. The fraction of sp³-hybridized carbons (Fsp3) is 0.286. The molecule has 40 heavy (non-hydrogen) atoms. The molecule has 3 aromatic carbocycles. The van der Waals surface area contributed by atoms with Crippen LogP contribution in [0, 0.1) is 5.41 Å². The van der Waals surface area contributed by atoms with Crippen LogP contribution in [0.15, 0.2) is 74.9 Å². The van der Waals surface area contributed by atoms with Gasteiger partial charge in [0.1, 0.15) is 5.75 Å². The maximum Gasteiger partial charge on any atom is 0.439 e. The number of nitrogens with one attached hydrogen (secondary N) is 1. The maximum atomic E-state index is 14.0. The lowest BCUT2D eigenvalue weighted by molar-refractivity contribution is -0.137. The molecule has 1 aromatic heterocycles. The van der Waals surface area contributed by atoms with E-state index < -0.39 is 32.9 Å². The van der Waals surface area contributed by atoms with Gasteiger partial charge in [-0.3, -0.25) is 13.8 Å². The van der Waals surface area contributed by atoms with Crippen LogP contribution < -0.4 is 14.8 Å². The zero-order chi connectivity index (χ0) is 28.9. The maximum absolute atomic E-state index is 14.0. The number of ether oxygens (including phenoxy) is 1. The van der Waals surface area contributed by atoms with Crippen molar-refractivity contribution < 1.29 is 30.8 Å². The number of aromatic nitrogens is 2. The molecule has 0 atom stereocenters. The van der Waals surface area contributed by atoms with Gasteiger partial charge in [-0.2, -0.15) is 13.2 Å². The predicted molar refractivity (Wildman–Crippen MR) is 143 cm³/mol.